The summed E-state index contributed by atoms with van der Waals surface area (Å²) in [6.07, 6.45) is 1.18. The lowest BCUT2D eigenvalue weighted by Crippen LogP contribution is -2.45. The van der Waals surface area contributed by atoms with Gasteiger partial charge in [-0.3, -0.25) is 20.0 Å². The number of benzene rings is 1. The maximum absolute atomic E-state index is 12.7. The molecule has 0 radical (unpaired) electrons. The van der Waals surface area contributed by atoms with E-state index in [1.807, 2.05) is 0 Å². The largest absolute Gasteiger partial charge is 0.425 e. The molecule has 29 heavy (non-hydrogen) atoms. The molecule has 0 bridgehead atoms. The molecular weight excluding hydrogens is 402 g/mol. The van der Waals surface area contributed by atoms with Crippen molar-refractivity contribution in [2.75, 3.05) is 18.8 Å². The summed E-state index contributed by atoms with van der Waals surface area (Å²) in [6.45, 7) is 1.95. The van der Waals surface area contributed by atoms with Gasteiger partial charge in [0, 0.05) is 18.2 Å². The molecule has 1 heterocycles. The smallest absolute Gasteiger partial charge is 0.334 e. The van der Waals surface area contributed by atoms with E-state index in [4.69, 9.17) is 20.9 Å². The highest BCUT2D eigenvalue weighted by Crippen LogP contribution is 2.24. The van der Waals surface area contributed by atoms with Gasteiger partial charge in [-0.15, -0.1) is 0 Å². The van der Waals surface area contributed by atoms with E-state index in [-0.39, 0.29) is 29.9 Å². The molecule has 4 N–H and O–H groups in total. The van der Waals surface area contributed by atoms with E-state index in [0.717, 1.165) is 11.8 Å². The fourth-order valence-electron chi connectivity index (χ4n) is 2.92. The third-order valence-electron chi connectivity index (χ3n) is 4.35. The first-order valence-electron chi connectivity index (χ1n) is 9.09. The Balaban J connectivity index is 1.96. The van der Waals surface area contributed by atoms with Crippen LogP contribution in [0.1, 0.15) is 25.3 Å². The Morgan fingerprint density at radius 1 is 1.38 bits per heavy atom. The topological polar surface area (TPSA) is 143 Å². The minimum Gasteiger partial charge on any atom is -0.425 e. The van der Waals surface area contributed by atoms with Crippen molar-refractivity contribution in [3.05, 3.63) is 29.8 Å². The first kappa shape index (κ1) is 23.3. The molecule has 1 fully saturated rings. The minimum absolute atomic E-state index is 0.0804. The van der Waals surface area contributed by atoms with E-state index in [0.29, 0.717) is 30.7 Å². The van der Waals surface area contributed by atoms with Crippen molar-refractivity contribution in [2.45, 2.75) is 32.4 Å². The van der Waals surface area contributed by atoms with Crippen molar-refractivity contribution in [1.29, 1.82) is 0 Å². The number of amides is 1. The number of rotatable bonds is 9. The van der Waals surface area contributed by atoms with Gasteiger partial charge in [0.15, 0.2) is 0 Å². The van der Waals surface area contributed by atoms with Crippen molar-refractivity contribution in [1.82, 2.24) is 10.3 Å². The summed E-state index contributed by atoms with van der Waals surface area (Å²) < 4.78 is 5.42. The highest BCUT2D eigenvalue weighted by atomic mass is 32.2. The number of thioether (sulfide) groups is 1. The van der Waals surface area contributed by atoms with Crippen LogP contribution in [-0.4, -0.2) is 62.6 Å². The molecule has 1 amide bonds. The van der Waals surface area contributed by atoms with Gasteiger partial charge in [0.05, 0.1) is 18.5 Å². The van der Waals surface area contributed by atoms with Crippen LogP contribution in [0.5, 0.6) is 5.75 Å². The summed E-state index contributed by atoms with van der Waals surface area (Å²) in [7, 11) is 0. The molecule has 0 aromatic heterocycles. The Morgan fingerprint density at radius 2 is 2.14 bits per heavy atom. The first-order chi connectivity index (χ1) is 13.8. The Labute approximate surface area is 172 Å². The zero-order valence-electron chi connectivity index (χ0n) is 16.0. The molecule has 0 unspecified atom stereocenters. The van der Waals surface area contributed by atoms with Crippen LogP contribution in [0.2, 0.25) is 0 Å². The van der Waals surface area contributed by atoms with E-state index in [1.165, 1.54) is 11.0 Å². The quantitative estimate of drug-likeness (QED) is 0.296. The monoisotopic (exact) mass is 427 g/mol. The Morgan fingerprint density at radius 3 is 2.83 bits per heavy atom. The fourth-order valence-corrected chi connectivity index (χ4v) is 3.62. The number of nitrogens with two attached hydrogens (primary N) is 1. The van der Waals surface area contributed by atoms with Gasteiger partial charge in [-0.1, -0.05) is 30.8 Å². The molecular formula is C18H25N3O7S. The van der Waals surface area contributed by atoms with Crippen LogP contribution in [0.25, 0.3) is 0 Å². The molecule has 0 aliphatic carbocycles. The molecule has 1 aliphatic heterocycles. The summed E-state index contributed by atoms with van der Waals surface area (Å²) >= 11 is 1.01. The number of hydrogen-bond acceptors (Lipinski definition) is 10. The average Bonchev–Trinajstić information content (AvgIpc) is 3.19. The molecule has 1 aliphatic rings. The van der Waals surface area contributed by atoms with E-state index in [1.54, 1.807) is 25.1 Å². The van der Waals surface area contributed by atoms with Crippen molar-refractivity contribution < 1.29 is 34.4 Å². The number of hydrogen-bond donors (Lipinski definition) is 3. The zero-order chi connectivity index (χ0) is 21.4. The van der Waals surface area contributed by atoms with Crippen LogP contribution in [0.15, 0.2) is 24.3 Å². The lowest BCUT2D eigenvalue weighted by Gasteiger charge is -2.26. The molecule has 1 aromatic carbocycles. The molecule has 11 heteroatoms. The van der Waals surface area contributed by atoms with Crippen LogP contribution in [-0.2, 0) is 25.8 Å². The molecule has 1 aromatic rings. The van der Waals surface area contributed by atoms with E-state index >= 15 is 0 Å². The van der Waals surface area contributed by atoms with Crippen LogP contribution in [0.4, 0.5) is 0 Å². The van der Waals surface area contributed by atoms with Crippen molar-refractivity contribution in [3.63, 3.8) is 0 Å². The number of likely N-dealkylation sites (tertiary alicyclic amines) is 1. The highest BCUT2D eigenvalue weighted by Gasteiger charge is 2.37. The van der Waals surface area contributed by atoms with Gasteiger partial charge in [0.25, 0.3) is 0 Å². The standard InChI is InChI=1S/C18H25N3O7S/c1-12(11-29-16(22)9-19)17(23)20-7-3-6-15(20)18(24)28-14-5-2-4-13(8-14)10-27-21(25)26/h2,4-5,8,12,15,25-26H,3,6-7,9-11,19H2,1H3/t12-,15+/m1/s1. The van der Waals surface area contributed by atoms with Gasteiger partial charge >= 0.3 is 5.97 Å². The molecule has 160 valence electrons. The van der Waals surface area contributed by atoms with Gasteiger partial charge in [-0.2, -0.15) is 0 Å². The van der Waals surface area contributed by atoms with Crippen LogP contribution in [0.3, 0.4) is 0 Å². The van der Waals surface area contributed by atoms with Gasteiger partial charge in [0.2, 0.25) is 11.0 Å². The second-order valence-corrected chi connectivity index (χ2v) is 7.65. The maximum atomic E-state index is 12.7. The SMILES string of the molecule is C[C@H](CSC(=O)CN)C(=O)N1CCC[C@H]1C(=O)Oc1cccc(CON(O)O)c1. The summed E-state index contributed by atoms with van der Waals surface area (Å²) in [5.41, 5.74) is 5.83. The van der Waals surface area contributed by atoms with E-state index in [9.17, 15) is 14.4 Å². The summed E-state index contributed by atoms with van der Waals surface area (Å²) in [5.74, 6) is -0.603. The molecule has 1 saturated heterocycles. The lowest BCUT2D eigenvalue weighted by atomic mass is 10.1. The van der Waals surface area contributed by atoms with Crippen LogP contribution >= 0.6 is 11.8 Å². The van der Waals surface area contributed by atoms with E-state index in [2.05, 4.69) is 4.84 Å². The van der Waals surface area contributed by atoms with Crippen LogP contribution in [0, 0.1) is 5.92 Å². The number of esters is 1. The maximum Gasteiger partial charge on any atom is 0.334 e. The van der Waals surface area contributed by atoms with Crippen LogP contribution < -0.4 is 10.5 Å². The summed E-state index contributed by atoms with van der Waals surface area (Å²) in [5, 5.41) is 16.6. The Hall–Kier alpha value is -2.02. The van der Waals surface area contributed by atoms with Gasteiger partial charge in [-0.05, 0) is 30.5 Å². The summed E-state index contributed by atoms with van der Waals surface area (Å²) in [4.78, 5) is 42.7. The zero-order valence-corrected chi connectivity index (χ0v) is 16.8. The van der Waals surface area contributed by atoms with Crippen molar-refractivity contribution >= 4 is 28.8 Å². The Kier molecular flexibility index (Phi) is 9.01. The molecule has 0 spiro atoms. The molecule has 10 nitrogen and oxygen atoms in total. The molecule has 2 atom stereocenters. The summed E-state index contributed by atoms with van der Waals surface area (Å²) in [6, 6.07) is 5.71. The third-order valence-corrected chi connectivity index (χ3v) is 5.51. The number of carbonyl (C=O) groups excluding carboxylic acids is 3. The highest BCUT2D eigenvalue weighted by molar-refractivity contribution is 8.13. The predicted molar refractivity (Wildman–Crippen MR) is 103 cm³/mol. The molecule has 2 rings (SSSR count). The minimum atomic E-state index is -0.689. The average molecular weight is 427 g/mol. The van der Waals surface area contributed by atoms with Gasteiger partial charge in [0.1, 0.15) is 11.8 Å². The fraction of sp³-hybridized carbons (Fsp3) is 0.500. The predicted octanol–water partition coefficient (Wildman–Crippen LogP) is 0.950. The van der Waals surface area contributed by atoms with Gasteiger partial charge < -0.3 is 15.4 Å². The van der Waals surface area contributed by atoms with E-state index < -0.39 is 23.3 Å². The van der Waals surface area contributed by atoms with Crippen molar-refractivity contribution in [2.24, 2.45) is 11.7 Å². The number of ether oxygens (including phenoxy) is 1. The number of nitrogens with zero attached hydrogens (tertiary/aromatic N) is 2. The second-order valence-electron chi connectivity index (χ2n) is 6.57. The Bertz CT molecular complexity index is 731. The first-order valence-corrected chi connectivity index (χ1v) is 10.1. The van der Waals surface area contributed by atoms with Gasteiger partial charge in [-0.25, -0.2) is 9.63 Å². The number of carbonyl (C=O) groups is 3. The van der Waals surface area contributed by atoms with Crippen molar-refractivity contribution in [3.8, 4) is 5.75 Å². The second kappa shape index (κ2) is 11.2. The third kappa shape index (κ3) is 7.07. The lowest BCUT2D eigenvalue weighted by molar-refractivity contribution is -0.497. The normalized spacial score (nSPS) is 17.4. The molecule has 0 saturated carbocycles.